The molecule has 4 heteroatoms. The summed E-state index contributed by atoms with van der Waals surface area (Å²) in [5, 5.41) is 2.26. The Bertz CT molecular complexity index is 555. The summed E-state index contributed by atoms with van der Waals surface area (Å²) in [6.07, 6.45) is 0. The zero-order chi connectivity index (χ0) is 14.4. The number of quaternary nitrogens is 1. The summed E-state index contributed by atoms with van der Waals surface area (Å²) in [5.41, 5.74) is 2.47. The first kappa shape index (κ1) is 14.9. The van der Waals surface area contributed by atoms with Crippen molar-refractivity contribution in [1.29, 1.82) is 0 Å². The van der Waals surface area contributed by atoms with E-state index < -0.39 is 0 Å². The normalized spacial score (nSPS) is 10.3. The van der Waals surface area contributed by atoms with Gasteiger partial charge in [0.15, 0.2) is 0 Å². The predicted molar refractivity (Wildman–Crippen MR) is 83.0 cm³/mol. The summed E-state index contributed by atoms with van der Waals surface area (Å²) in [6, 6.07) is 14.2. The van der Waals surface area contributed by atoms with Crippen LogP contribution in [0.5, 0.6) is 11.5 Å². The lowest BCUT2D eigenvalue weighted by Gasteiger charge is -2.08. The molecule has 2 aromatic rings. The molecule has 2 rings (SSSR count). The van der Waals surface area contributed by atoms with Crippen LogP contribution in [0.4, 0.5) is 0 Å². The third kappa shape index (κ3) is 3.99. The zero-order valence-electron chi connectivity index (χ0n) is 11.7. The van der Waals surface area contributed by atoms with E-state index in [4.69, 9.17) is 9.47 Å². The van der Waals surface area contributed by atoms with E-state index in [1.807, 2.05) is 24.3 Å². The van der Waals surface area contributed by atoms with Crippen molar-refractivity contribution in [1.82, 2.24) is 0 Å². The Morgan fingerprint density at radius 2 is 1.70 bits per heavy atom. The molecule has 0 aliphatic rings. The van der Waals surface area contributed by atoms with E-state index in [9.17, 15) is 0 Å². The molecule has 0 atom stereocenters. The minimum absolute atomic E-state index is 0.884. The maximum atomic E-state index is 5.38. The standard InChI is InChI=1S/C16H18BrNO2/c1-19-15-6-3-12(4-7-15)10-18-11-13-9-14(17)5-8-16(13)20-2/h3-9,18H,10-11H2,1-2H3/p+1. The van der Waals surface area contributed by atoms with Gasteiger partial charge in [0.25, 0.3) is 0 Å². The van der Waals surface area contributed by atoms with E-state index in [1.54, 1.807) is 14.2 Å². The van der Waals surface area contributed by atoms with E-state index in [1.165, 1.54) is 11.1 Å². The molecule has 0 heterocycles. The second-order valence-electron chi connectivity index (χ2n) is 4.50. The van der Waals surface area contributed by atoms with Gasteiger partial charge in [0.05, 0.1) is 14.2 Å². The van der Waals surface area contributed by atoms with Crippen molar-refractivity contribution in [2.75, 3.05) is 14.2 Å². The highest BCUT2D eigenvalue weighted by Crippen LogP contribution is 2.22. The summed E-state index contributed by atoms with van der Waals surface area (Å²) in [7, 11) is 3.39. The molecule has 0 saturated carbocycles. The van der Waals surface area contributed by atoms with Crippen LogP contribution in [0.15, 0.2) is 46.9 Å². The molecule has 0 aliphatic heterocycles. The van der Waals surface area contributed by atoms with Gasteiger partial charge in [0.2, 0.25) is 0 Å². The molecule has 0 amide bonds. The zero-order valence-corrected chi connectivity index (χ0v) is 13.3. The maximum absolute atomic E-state index is 5.38. The van der Waals surface area contributed by atoms with Crippen LogP contribution in [-0.4, -0.2) is 14.2 Å². The van der Waals surface area contributed by atoms with Gasteiger partial charge in [0, 0.05) is 15.6 Å². The number of benzene rings is 2. The SMILES string of the molecule is COc1ccc(C[NH2+]Cc2cc(Br)ccc2OC)cc1. The third-order valence-electron chi connectivity index (χ3n) is 3.15. The van der Waals surface area contributed by atoms with Crippen molar-refractivity contribution in [3.8, 4) is 11.5 Å². The van der Waals surface area contributed by atoms with Crippen LogP contribution in [0.3, 0.4) is 0 Å². The summed E-state index contributed by atoms with van der Waals surface area (Å²) in [5.74, 6) is 1.82. The molecule has 20 heavy (non-hydrogen) atoms. The van der Waals surface area contributed by atoms with Crippen LogP contribution in [-0.2, 0) is 13.1 Å². The fourth-order valence-electron chi connectivity index (χ4n) is 2.06. The molecule has 0 unspecified atom stereocenters. The van der Waals surface area contributed by atoms with Crippen molar-refractivity contribution >= 4 is 15.9 Å². The van der Waals surface area contributed by atoms with E-state index in [0.29, 0.717) is 0 Å². The third-order valence-corrected chi connectivity index (χ3v) is 3.64. The number of methoxy groups -OCH3 is 2. The number of nitrogens with two attached hydrogens (primary N) is 1. The number of rotatable bonds is 6. The molecule has 0 aromatic heterocycles. The average molecular weight is 337 g/mol. The molecule has 3 nitrogen and oxygen atoms in total. The Labute approximate surface area is 128 Å². The van der Waals surface area contributed by atoms with Crippen LogP contribution in [0.2, 0.25) is 0 Å². The van der Waals surface area contributed by atoms with Gasteiger partial charge in [-0.25, -0.2) is 0 Å². The number of hydrogen-bond donors (Lipinski definition) is 1. The molecule has 0 saturated heterocycles. The van der Waals surface area contributed by atoms with Gasteiger partial charge < -0.3 is 14.8 Å². The minimum Gasteiger partial charge on any atom is -0.497 e. The van der Waals surface area contributed by atoms with Gasteiger partial charge in [0.1, 0.15) is 24.6 Å². The lowest BCUT2D eigenvalue weighted by Crippen LogP contribution is -2.80. The van der Waals surface area contributed by atoms with Gasteiger partial charge in [-0.05, 0) is 42.5 Å². The first-order valence-electron chi connectivity index (χ1n) is 6.50. The second-order valence-corrected chi connectivity index (χ2v) is 5.42. The number of halogens is 1. The highest BCUT2D eigenvalue weighted by molar-refractivity contribution is 9.10. The Balaban J connectivity index is 1.93. The van der Waals surface area contributed by atoms with E-state index in [0.717, 1.165) is 29.1 Å². The maximum Gasteiger partial charge on any atom is 0.127 e. The molecule has 0 fully saturated rings. The smallest absolute Gasteiger partial charge is 0.127 e. The summed E-state index contributed by atoms with van der Waals surface area (Å²) in [6.45, 7) is 1.81. The highest BCUT2D eigenvalue weighted by atomic mass is 79.9. The largest absolute Gasteiger partial charge is 0.497 e. The van der Waals surface area contributed by atoms with Gasteiger partial charge in [-0.3, -0.25) is 0 Å². The first-order chi connectivity index (χ1) is 9.72. The van der Waals surface area contributed by atoms with Crippen LogP contribution in [0, 0.1) is 0 Å². The predicted octanol–water partition coefficient (Wildman–Crippen LogP) is 2.73. The number of ether oxygens (including phenoxy) is 2. The Morgan fingerprint density at radius 1 is 0.950 bits per heavy atom. The molecular formula is C16H19BrNO2+. The topological polar surface area (TPSA) is 35.1 Å². The Kier molecular flexibility index (Phi) is 5.44. The van der Waals surface area contributed by atoms with E-state index in [2.05, 4.69) is 39.4 Å². The summed E-state index contributed by atoms with van der Waals surface area (Å²) in [4.78, 5) is 0. The van der Waals surface area contributed by atoms with Gasteiger partial charge in [-0.1, -0.05) is 15.9 Å². The molecule has 0 radical (unpaired) electrons. The van der Waals surface area contributed by atoms with Crippen molar-refractivity contribution in [2.45, 2.75) is 13.1 Å². The van der Waals surface area contributed by atoms with Crippen LogP contribution in [0.25, 0.3) is 0 Å². The van der Waals surface area contributed by atoms with Crippen molar-refractivity contribution in [3.63, 3.8) is 0 Å². The molecule has 0 spiro atoms. The Hall–Kier alpha value is -1.52. The molecule has 2 aromatic carbocycles. The van der Waals surface area contributed by atoms with Crippen LogP contribution in [0.1, 0.15) is 11.1 Å². The molecule has 106 valence electrons. The average Bonchev–Trinajstić information content (AvgIpc) is 2.48. The van der Waals surface area contributed by atoms with Crippen molar-refractivity contribution in [2.24, 2.45) is 0 Å². The molecule has 0 aliphatic carbocycles. The van der Waals surface area contributed by atoms with Gasteiger partial charge >= 0.3 is 0 Å². The number of hydrogen-bond acceptors (Lipinski definition) is 2. The van der Waals surface area contributed by atoms with Gasteiger partial charge in [-0.15, -0.1) is 0 Å². The monoisotopic (exact) mass is 336 g/mol. The first-order valence-corrected chi connectivity index (χ1v) is 7.29. The van der Waals surface area contributed by atoms with Crippen LogP contribution < -0.4 is 14.8 Å². The molecule has 2 N–H and O–H groups in total. The van der Waals surface area contributed by atoms with E-state index in [-0.39, 0.29) is 0 Å². The van der Waals surface area contributed by atoms with E-state index >= 15 is 0 Å². The second kappa shape index (κ2) is 7.31. The van der Waals surface area contributed by atoms with Gasteiger partial charge in [-0.2, -0.15) is 0 Å². The molecule has 0 bridgehead atoms. The fraction of sp³-hybridized carbons (Fsp3) is 0.250. The van der Waals surface area contributed by atoms with Crippen molar-refractivity contribution in [3.05, 3.63) is 58.1 Å². The van der Waals surface area contributed by atoms with Crippen molar-refractivity contribution < 1.29 is 14.8 Å². The summed E-state index contributed by atoms with van der Waals surface area (Å²) < 4.78 is 11.6. The quantitative estimate of drug-likeness (QED) is 0.880. The molecular weight excluding hydrogens is 318 g/mol. The highest BCUT2D eigenvalue weighted by Gasteiger charge is 2.05. The van der Waals surface area contributed by atoms with Crippen LogP contribution >= 0.6 is 15.9 Å². The summed E-state index contributed by atoms with van der Waals surface area (Å²) >= 11 is 3.49. The Morgan fingerprint density at radius 3 is 2.35 bits per heavy atom. The lowest BCUT2D eigenvalue weighted by atomic mass is 10.2. The lowest BCUT2D eigenvalue weighted by molar-refractivity contribution is -0.686. The fourth-order valence-corrected chi connectivity index (χ4v) is 2.47. The minimum atomic E-state index is 0.884.